The van der Waals surface area contributed by atoms with Crippen molar-refractivity contribution in [3.05, 3.63) is 34.6 Å². The summed E-state index contributed by atoms with van der Waals surface area (Å²) in [5.41, 5.74) is 12.1. The molecule has 0 amide bonds. The lowest BCUT2D eigenvalue weighted by molar-refractivity contribution is 0.580. The first-order valence-electron chi connectivity index (χ1n) is 5.05. The molecule has 1 rings (SSSR count). The first-order chi connectivity index (χ1) is 7.15. The van der Waals surface area contributed by atoms with Crippen LogP contribution in [0.3, 0.4) is 0 Å². The van der Waals surface area contributed by atoms with Gasteiger partial charge >= 0.3 is 0 Å². The van der Waals surface area contributed by atoms with Gasteiger partial charge in [0.05, 0.1) is 5.02 Å². The lowest BCUT2D eigenvalue weighted by Crippen LogP contribution is -2.11. The summed E-state index contributed by atoms with van der Waals surface area (Å²) in [6.45, 7) is 0.668. The molecule has 0 fully saturated rings. The van der Waals surface area contributed by atoms with Crippen molar-refractivity contribution >= 4 is 11.6 Å². The predicted octanol–water partition coefficient (Wildman–Crippen LogP) is 2.61. The van der Waals surface area contributed by atoms with Crippen molar-refractivity contribution in [1.82, 2.24) is 0 Å². The molecule has 0 radical (unpaired) electrons. The summed E-state index contributed by atoms with van der Waals surface area (Å²) in [4.78, 5) is 0. The third-order valence-corrected chi connectivity index (χ3v) is 2.65. The summed E-state index contributed by atoms with van der Waals surface area (Å²) in [7, 11) is 0. The Kier molecular flexibility index (Phi) is 5.02. The van der Waals surface area contributed by atoms with Gasteiger partial charge in [0.2, 0.25) is 0 Å². The molecule has 4 N–H and O–H groups in total. The number of benzene rings is 1. The van der Waals surface area contributed by atoms with E-state index < -0.39 is 5.82 Å². The van der Waals surface area contributed by atoms with E-state index in [0.717, 1.165) is 24.8 Å². The Morgan fingerprint density at radius 1 is 1.33 bits per heavy atom. The van der Waals surface area contributed by atoms with Crippen LogP contribution in [0.25, 0.3) is 0 Å². The van der Waals surface area contributed by atoms with Crippen molar-refractivity contribution in [2.75, 3.05) is 6.54 Å². The molecule has 1 aromatic rings. The average Bonchev–Trinajstić information content (AvgIpc) is 2.22. The van der Waals surface area contributed by atoms with Gasteiger partial charge in [0.15, 0.2) is 0 Å². The Hall–Kier alpha value is -0.640. The highest BCUT2D eigenvalue weighted by atomic mass is 35.5. The van der Waals surface area contributed by atoms with E-state index in [4.69, 9.17) is 23.1 Å². The zero-order chi connectivity index (χ0) is 11.3. The first kappa shape index (κ1) is 12.4. The molecule has 0 aliphatic rings. The molecular weight excluding hydrogens is 215 g/mol. The molecule has 2 nitrogen and oxygen atoms in total. The van der Waals surface area contributed by atoms with E-state index in [-0.39, 0.29) is 11.1 Å². The Labute approximate surface area is 94.4 Å². The second kappa shape index (κ2) is 6.05. The second-order valence-corrected chi connectivity index (χ2v) is 3.97. The summed E-state index contributed by atoms with van der Waals surface area (Å²) in [5.74, 6) is -0.413. The van der Waals surface area contributed by atoms with E-state index in [2.05, 4.69) is 0 Å². The van der Waals surface area contributed by atoms with Crippen molar-refractivity contribution in [2.45, 2.75) is 25.3 Å². The number of halogens is 2. The van der Waals surface area contributed by atoms with Crippen molar-refractivity contribution < 1.29 is 4.39 Å². The minimum Gasteiger partial charge on any atom is -0.330 e. The van der Waals surface area contributed by atoms with E-state index in [1.54, 1.807) is 6.07 Å². The fourth-order valence-electron chi connectivity index (χ4n) is 1.42. The van der Waals surface area contributed by atoms with Crippen molar-refractivity contribution in [3.63, 3.8) is 0 Å². The highest BCUT2D eigenvalue weighted by molar-refractivity contribution is 6.30. The minimum atomic E-state index is -0.413. The normalized spacial score (nSPS) is 12.8. The van der Waals surface area contributed by atoms with Gasteiger partial charge in [-0.3, -0.25) is 0 Å². The van der Waals surface area contributed by atoms with E-state index in [1.165, 1.54) is 12.1 Å². The highest BCUT2D eigenvalue weighted by Gasteiger charge is 2.08. The van der Waals surface area contributed by atoms with Crippen molar-refractivity contribution in [2.24, 2.45) is 11.5 Å². The van der Waals surface area contributed by atoms with Gasteiger partial charge in [-0.1, -0.05) is 24.1 Å². The molecular formula is C11H16ClFN2. The molecule has 0 aliphatic carbocycles. The summed E-state index contributed by atoms with van der Waals surface area (Å²) in [5, 5.41) is 0.132. The quantitative estimate of drug-likeness (QED) is 0.764. The zero-order valence-electron chi connectivity index (χ0n) is 8.55. The average molecular weight is 231 g/mol. The van der Waals surface area contributed by atoms with Gasteiger partial charge in [-0.2, -0.15) is 0 Å². The molecule has 0 aliphatic heterocycles. The van der Waals surface area contributed by atoms with Crippen LogP contribution in [0.2, 0.25) is 5.02 Å². The third kappa shape index (κ3) is 3.78. The number of rotatable bonds is 5. The molecule has 15 heavy (non-hydrogen) atoms. The largest absolute Gasteiger partial charge is 0.330 e. The molecule has 0 bridgehead atoms. The summed E-state index contributed by atoms with van der Waals surface area (Å²) in [6.07, 6.45) is 2.73. The van der Waals surface area contributed by atoms with E-state index in [0.29, 0.717) is 6.54 Å². The summed E-state index contributed by atoms with van der Waals surface area (Å²) < 4.78 is 13.1. The Balaban J connectivity index is 2.57. The molecule has 0 spiro atoms. The predicted molar refractivity (Wildman–Crippen MR) is 61.2 cm³/mol. The van der Waals surface area contributed by atoms with Crippen LogP contribution in [0.15, 0.2) is 18.2 Å². The zero-order valence-corrected chi connectivity index (χ0v) is 9.30. The maximum atomic E-state index is 13.1. The van der Waals surface area contributed by atoms with Crippen molar-refractivity contribution in [1.29, 1.82) is 0 Å². The van der Waals surface area contributed by atoms with Crippen molar-refractivity contribution in [3.8, 4) is 0 Å². The van der Waals surface area contributed by atoms with Crippen LogP contribution in [0.5, 0.6) is 0 Å². The van der Waals surface area contributed by atoms with E-state index in [1.807, 2.05) is 0 Å². The molecule has 0 saturated carbocycles. The summed E-state index contributed by atoms with van der Waals surface area (Å²) >= 11 is 5.58. The topological polar surface area (TPSA) is 52.0 Å². The molecule has 4 heteroatoms. The van der Waals surface area contributed by atoms with Gasteiger partial charge in [-0.05, 0) is 37.1 Å². The Bertz CT molecular complexity index is 317. The molecule has 1 aromatic carbocycles. The van der Waals surface area contributed by atoms with E-state index in [9.17, 15) is 4.39 Å². The second-order valence-electron chi connectivity index (χ2n) is 3.56. The molecule has 0 unspecified atom stereocenters. The van der Waals surface area contributed by atoms with Crippen LogP contribution >= 0.6 is 11.6 Å². The Morgan fingerprint density at radius 3 is 2.67 bits per heavy atom. The molecule has 1 atom stereocenters. The van der Waals surface area contributed by atoms with Crippen LogP contribution < -0.4 is 11.5 Å². The van der Waals surface area contributed by atoms with Crippen LogP contribution in [0, 0.1) is 5.82 Å². The van der Waals surface area contributed by atoms with Crippen LogP contribution in [-0.4, -0.2) is 6.54 Å². The maximum absolute atomic E-state index is 13.1. The van der Waals surface area contributed by atoms with Gasteiger partial charge in [0.25, 0.3) is 0 Å². The Morgan fingerprint density at radius 2 is 2.07 bits per heavy atom. The highest BCUT2D eigenvalue weighted by Crippen LogP contribution is 2.21. The lowest BCUT2D eigenvalue weighted by Gasteiger charge is -2.11. The van der Waals surface area contributed by atoms with Crippen LogP contribution in [0.4, 0.5) is 4.39 Å². The molecule has 84 valence electrons. The molecule has 0 saturated heterocycles. The smallest absolute Gasteiger partial charge is 0.142 e. The van der Waals surface area contributed by atoms with Gasteiger partial charge in [0.1, 0.15) is 5.82 Å². The fourth-order valence-corrected chi connectivity index (χ4v) is 1.54. The van der Waals surface area contributed by atoms with Gasteiger partial charge in [-0.25, -0.2) is 4.39 Å². The van der Waals surface area contributed by atoms with Crippen LogP contribution in [-0.2, 0) is 0 Å². The number of hydrogen-bond donors (Lipinski definition) is 2. The molecule has 0 heterocycles. The third-order valence-electron chi connectivity index (χ3n) is 2.34. The van der Waals surface area contributed by atoms with Crippen LogP contribution in [0.1, 0.15) is 30.9 Å². The lowest BCUT2D eigenvalue weighted by atomic mass is 10.0. The maximum Gasteiger partial charge on any atom is 0.142 e. The molecule has 0 aromatic heterocycles. The van der Waals surface area contributed by atoms with Gasteiger partial charge in [-0.15, -0.1) is 0 Å². The number of nitrogens with two attached hydrogens (primary N) is 2. The minimum absolute atomic E-state index is 0.132. The monoisotopic (exact) mass is 230 g/mol. The first-order valence-corrected chi connectivity index (χ1v) is 5.43. The van der Waals surface area contributed by atoms with Gasteiger partial charge < -0.3 is 11.5 Å². The van der Waals surface area contributed by atoms with Gasteiger partial charge in [0, 0.05) is 6.04 Å². The standard InChI is InChI=1S/C11H16ClFN2/c12-9-5-4-8(7-10(9)13)11(15)3-1-2-6-14/h4-5,7,11H,1-3,6,14-15H2/t11-/m1/s1. The van der Waals surface area contributed by atoms with E-state index >= 15 is 0 Å². The summed E-state index contributed by atoms with van der Waals surface area (Å²) in [6, 6.07) is 4.56. The fraction of sp³-hybridized carbons (Fsp3) is 0.455. The number of unbranched alkanes of at least 4 members (excludes halogenated alkanes) is 1. The SMILES string of the molecule is NCCCC[C@@H](N)c1ccc(Cl)c(F)c1. The number of hydrogen-bond acceptors (Lipinski definition) is 2.